The second-order valence-corrected chi connectivity index (χ2v) is 13.4. The Balaban J connectivity index is 1.25. The summed E-state index contributed by atoms with van der Waals surface area (Å²) in [5.74, 6) is -1.47. The van der Waals surface area contributed by atoms with Crippen LogP contribution in [0.15, 0.2) is 60.7 Å². The fraction of sp³-hybridized carbons (Fsp3) is 0.526. The number of ether oxygens (including phenoxy) is 2. The Morgan fingerprint density at radius 2 is 1.67 bits per heavy atom. The van der Waals surface area contributed by atoms with Crippen molar-refractivity contribution in [2.75, 3.05) is 19.8 Å². The van der Waals surface area contributed by atoms with Crippen molar-refractivity contribution in [1.82, 2.24) is 16.0 Å². The molecule has 4 atom stereocenters. The van der Waals surface area contributed by atoms with Crippen LogP contribution in [0.1, 0.15) is 88.2 Å². The van der Waals surface area contributed by atoms with Crippen LogP contribution in [-0.2, 0) is 23.9 Å². The van der Waals surface area contributed by atoms with Crippen molar-refractivity contribution in [1.29, 1.82) is 0 Å². The van der Waals surface area contributed by atoms with Gasteiger partial charge in [0, 0.05) is 18.4 Å². The molecule has 0 spiro atoms. The van der Waals surface area contributed by atoms with Gasteiger partial charge in [0.1, 0.15) is 19.3 Å². The largest absolute Gasteiger partial charge is 0.462 e. The third kappa shape index (κ3) is 9.46. The second kappa shape index (κ2) is 17.3. The zero-order valence-electron chi connectivity index (χ0n) is 27.8. The van der Waals surface area contributed by atoms with Crippen LogP contribution in [0.2, 0.25) is 0 Å². The zero-order chi connectivity index (χ0) is 33.9. The molecule has 10 nitrogen and oxygen atoms in total. The number of carbonyl (C=O) groups is 4. The number of cyclic esters (lactones) is 1. The molecule has 3 amide bonds. The molecule has 1 saturated carbocycles. The number of rotatable bonds is 9. The molecule has 0 bridgehead atoms. The Labute approximate surface area is 283 Å². The number of amides is 3. The van der Waals surface area contributed by atoms with E-state index in [1.165, 1.54) is 6.42 Å². The number of hydrogen-bond donors (Lipinski definition) is 4. The molecule has 1 fully saturated rings. The molecule has 5 rings (SSSR count). The predicted molar refractivity (Wildman–Crippen MR) is 182 cm³/mol. The number of benzene rings is 2. The Hall–Kier alpha value is -4.18. The summed E-state index contributed by atoms with van der Waals surface area (Å²) in [6.45, 7) is 1.60. The van der Waals surface area contributed by atoms with E-state index in [2.05, 4.69) is 40.2 Å². The Kier molecular flexibility index (Phi) is 12.7. The minimum absolute atomic E-state index is 0.0254. The maximum absolute atomic E-state index is 13.5. The van der Waals surface area contributed by atoms with E-state index in [0.29, 0.717) is 25.2 Å². The maximum Gasteiger partial charge on any atom is 0.407 e. The van der Waals surface area contributed by atoms with Gasteiger partial charge in [-0.25, -0.2) is 9.59 Å². The molecule has 2 aromatic rings. The first-order valence-electron chi connectivity index (χ1n) is 17.5. The van der Waals surface area contributed by atoms with Crippen LogP contribution >= 0.6 is 0 Å². The van der Waals surface area contributed by atoms with Gasteiger partial charge in [0.25, 0.3) is 0 Å². The van der Waals surface area contributed by atoms with E-state index in [0.717, 1.165) is 47.9 Å². The number of hydrogen-bond acceptors (Lipinski definition) is 7. The second-order valence-electron chi connectivity index (χ2n) is 13.4. The quantitative estimate of drug-likeness (QED) is 0.216. The lowest BCUT2D eigenvalue weighted by molar-refractivity contribution is -0.148. The highest BCUT2D eigenvalue weighted by atomic mass is 16.6. The van der Waals surface area contributed by atoms with Crippen LogP contribution in [0.4, 0.5) is 4.79 Å². The number of carbonyl (C=O) groups excluding carboxylic acids is 4. The van der Waals surface area contributed by atoms with E-state index >= 15 is 0 Å². The first-order chi connectivity index (χ1) is 23.3. The molecule has 4 N–H and O–H groups in total. The zero-order valence-corrected chi connectivity index (χ0v) is 27.8. The average Bonchev–Trinajstić information content (AvgIpc) is 3.42. The van der Waals surface area contributed by atoms with Crippen LogP contribution < -0.4 is 16.0 Å². The van der Waals surface area contributed by atoms with E-state index < -0.39 is 36.1 Å². The fourth-order valence-corrected chi connectivity index (χ4v) is 7.15. The summed E-state index contributed by atoms with van der Waals surface area (Å²) in [4.78, 5) is 52.7. The molecule has 1 heterocycles. The number of fused-ring (bicyclic) bond motifs is 3. The minimum atomic E-state index is -0.932. The maximum atomic E-state index is 13.5. The topological polar surface area (TPSA) is 143 Å². The third-order valence-corrected chi connectivity index (χ3v) is 9.73. The van der Waals surface area contributed by atoms with Crippen molar-refractivity contribution < 1.29 is 33.8 Å². The van der Waals surface area contributed by atoms with E-state index in [1.54, 1.807) is 6.92 Å². The number of allylic oxidation sites excluding steroid dienone is 2. The monoisotopic (exact) mass is 659 g/mol. The number of esters is 1. The first kappa shape index (κ1) is 35.1. The summed E-state index contributed by atoms with van der Waals surface area (Å²) in [6.07, 6.45) is 10.3. The molecule has 48 heavy (non-hydrogen) atoms. The number of aliphatic hydroxyl groups excluding tert-OH is 1. The Morgan fingerprint density at radius 1 is 0.979 bits per heavy atom. The summed E-state index contributed by atoms with van der Waals surface area (Å²) in [6, 6.07) is 14.4. The van der Waals surface area contributed by atoms with Gasteiger partial charge in [0.05, 0.1) is 18.6 Å². The molecular weight excluding hydrogens is 610 g/mol. The molecule has 10 heteroatoms. The third-order valence-electron chi connectivity index (χ3n) is 9.73. The Morgan fingerprint density at radius 3 is 2.35 bits per heavy atom. The summed E-state index contributed by atoms with van der Waals surface area (Å²) in [7, 11) is 0. The van der Waals surface area contributed by atoms with Crippen LogP contribution in [0, 0.1) is 11.8 Å². The van der Waals surface area contributed by atoms with Crippen molar-refractivity contribution in [3.8, 4) is 11.1 Å². The lowest BCUT2D eigenvalue weighted by Gasteiger charge is -2.28. The molecule has 1 aliphatic heterocycles. The lowest BCUT2D eigenvalue weighted by atomic mass is 9.84. The van der Waals surface area contributed by atoms with Gasteiger partial charge in [-0.1, -0.05) is 92.8 Å². The molecule has 2 aliphatic carbocycles. The van der Waals surface area contributed by atoms with Gasteiger partial charge in [-0.3, -0.25) is 9.59 Å². The van der Waals surface area contributed by atoms with Gasteiger partial charge in [0.15, 0.2) is 0 Å². The molecule has 3 aliphatic rings. The number of nitrogens with one attached hydrogen (secondary N) is 3. The van der Waals surface area contributed by atoms with Gasteiger partial charge in [0.2, 0.25) is 11.8 Å². The van der Waals surface area contributed by atoms with E-state index in [9.17, 15) is 24.3 Å². The van der Waals surface area contributed by atoms with E-state index in [4.69, 9.17) is 9.47 Å². The number of alkyl carbamates (subject to hydrolysis) is 1. The highest BCUT2D eigenvalue weighted by molar-refractivity contribution is 5.86. The molecule has 258 valence electrons. The molecule has 0 radical (unpaired) electrons. The van der Waals surface area contributed by atoms with Gasteiger partial charge in [-0.15, -0.1) is 0 Å². The Bertz CT molecular complexity index is 1410. The smallest absolute Gasteiger partial charge is 0.407 e. The normalized spacial score (nSPS) is 22.8. The molecular formula is C38H49N3O7. The lowest BCUT2D eigenvalue weighted by Crippen LogP contribution is -2.47. The van der Waals surface area contributed by atoms with Gasteiger partial charge < -0.3 is 30.5 Å². The van der Waals surface area contributed by atoms with Crippen LogP contribution in [-0.4, -0.2) is 66.9 Å². The SMILES string of the molecule is C[C@@H](CO)NC(=O)C[C@H]1CC=CCC[C@H](NC(=O)OCC2c3ccccc3-c3ccccc32)C(=O)OC[C@H](CC2CCCCC2)NC1=O. The van der Waals surface area contributed by atoms with Crippen LogP contribution in [0.25, 0.3) is 11.1 Å². The van der Waals surface area contributed by atoms with Crippen LogP contribution in [0.3, 0.4) is 0 Å². The minimum Gasteiger partial charge on any atom is -0.462 e. The van der Waals surface area contributed by atoms with Crippen molar-refractivity contribution in [2.24, 2.45) is 11.8 Å². The molecule has 0 unspecified atom stereocenters. The summed E-state index contributed by atoms with van der Waals surface area (Å²) >= 11 is 0. The van der Waals surface area contributed by atoms with Crippen LogP contribution in [0.5, 0.6) is 0 Å². The molecule has 0 aromatic heterocycles. The van der Waals surface area contributed by atoms with E-state index in [-0.39, 0.29) is 50.4 Å². The predicted octanol–water partition coefficient (Wildman–Crippen LogP) is 5.14. The summed E-state index contributed by atoms with van der Waals surface area (Å²) in [5.41, 5.74) is 4.46. The van der Waals surface area contributed by atoms with Crippen molar-refractivity contribution in [3.05, 3.63) is 71.8 Å². The standard InChI is InChI=1S/C38H49N3O7/c1-25(22-42)39-35(43)21-27-14-6-3-7-19-34(37(45)47-23-28(40-36(27)44)20-26-12-4-2-5-13-26)41-38(46)48-24-33-31-17-10-8-15-29(31)30-16-9-11-18-32(30)33/h3,6,8-11,15-18,25-28,33-34,42H,2,4-5,7,12-14,19-24H2,1H3,(H,39,43)(H,40,44)(H,41,46)/t25-,27+,28-,34-/m0/s1. The van der Waals surface area contributed by atoms with Crippen molar-refractivity contribution in [2.45, 2.75) is 95.2 Å². The first-order valence-corrected chi connectivity index (χ1v) is 17.5. The summed E-state index contributed by atoms with van der Waals surface area (Å²) < 4.78 is 11.5. The van der Waals surface area contributed by atoms with Crippen molar-refractivity contribution in [3.63, 3.8) is 0 Å². The highest BCUT2D eigenvalue weighted by Gasteiger charge is 2.31. The molecule has 2 aromatic carbocycles. The fourth-order valence-electron chi connectivity index (χ4n) is 7.15. The molecule has 0 saturated heterocycles. The van der Waals surface area contributed by atoms with Gasteiger partial charge in [-0.05, 0) is 60.8 Å². The highest BCUT2D eigenvalue weighted by Crippen LogP contribution is 2.44. The van der Waals surface area contributed by atoms with Gasteiger partial charge in [-0.2, -0.15) is 0 Å². The average molecular weight is 660 g/mol. The summed E-state index contributed by atoms with van der Waals surface area (Å²) in [5, 5.41) is 17.9. The van der Waals surface area contributed by atoms with E-state index in [1.807, 2.05) is 36.4 Å². The van der Waals surface area contributed by atoms with Crippen molar-refractivity contribution >= 4 is 23.9 Å². The number of aliphatic hydroxyl groups is 1. The van der Waals surface area contributed by atoms with Gasteiger partial charge >= 0.3 is 12.1 Å².